The highest BCUT2D eigenvalue weighted by molar-refractivity contribution is 5.85. The Labute approximate surface area is 68.2 Å². The minimum Gasteiger partial charge on any atom is -0.463 e. The molecule has 0 aliphatic heterocycles. The van der Waals surface area contributed by atoms with E-state index in [2.05, 4.69) is 14.7 Å². The fourth-order valence-electron chi connectivity index (χ4n) is 0.611. The van der Waals surface area contributed by atoms with Crippen LogP contribution in [-0.4, -0.2) is 28.3 Å². The van der Waals surface area contributed by atoms with Gasteiger partial charge in [-0.25, -0.2) is 14.8 Å². The lowest BCUT2D eigenvalue weighted by Crippen LogP contribution is -2.08. The summed E-state index contributed by atoms with van der Waals surface area (Å²) in [6.45, 7) is 0. The minimum atomic E-state index is -0.646. The van der Waals surface area contributed by atoms with E-state index in [1.165, 1.54) is 19.4 Å². The number of nitrogens with one attached hydrogen (secondary N) is 1. The van der Waals surface area contributed by atoms with E-state index >= 15 is 0 Å². The summed E-state index contributed by atoms with van der Waals surface area (Å²) in [5.41, 5.74) is 1.79. The fraction of sp³-hybridized carbons (Fsp3) is 0.167. The second-order valence-corrected chi connectivity index (χ2v) is 1.87. The van der Waals surface area contributed by atoms with Gasteiger partial charge in [-0.15, -0.1) is 0 Å². The number of aromatic nitrogens is 2. The highest BCUT2D eigenvalue weighted by atomic mass is 16.5. The Morgan fingerprint density at radius 2 is 2.50 bits per heavy atom. The van der Waals surface area contributed by atoms with Gasteiger partial charge in [0.15, 0.2) is 5.82 Å². The normalized spacial score (nSPS) is 9.17. The van der Waals surface area contributed by atoms with Gasteiger partial charge < -0.3 is 4.74 Å². The highest BCUT2D eigenvalue weighted by Crippen LogP contribution is 2.00. The first-order chi connectivity index (χ1) is 5.77. The van der Waals surface area contributed by atoms with Crippen molar-refractivity contribution in [3.63, 3.8) is 0 Å². The lowest BCUT2D eigenvalue weighted by atomic mass is 10.5. The van der Waals surface area contributed by atoms with Crippen molar-refractivity contribution in [2.45, 2.75) is 0 Å². The van der Waals surface area contributed by atoms with Gasteiger partial charge in [-0.3, -0.25) is 10.7 Å². The van der Waals surface area contributed by atoms with Gasteiger partial charge >= 0.3 is 5.97 Å². The van der Waals surface area contributed by atoms with Gasteiger partial charge in [0, 0.05) is 12.3 Å². The summed E-state index contributed by atoms with van der Waals surface area (Å²) in [5, 5.41) is 8.42. The highest BCUT2D eigenvalue weighted by Gasteiger charge is 2.08. The van der Waals surface area contributed by atoms with Crippen LogP contribution in [0.1, 0.15) is 10.6 Å². The maximum atomic E-state index is 10.8. The summed E-state index contributed by atoms with van der Waals surface area (Å²) in [5.74, 6) is -0.603. The van der Waals surface area contributed by atoms with Crippen LogP contribution in [0.2, 0.25) is 0 Å². The molecule has 1 aromatic heterocycles. The van der Waals surface area contributed by atoms with Gasteiger partial charge in [-0.05, 0) is 0 Å². The predicted molar refractivity (Wildman–Crippen MR) is 38.8 cm³/mol. The number of carbonyl (C=O) groups excluding carboxylic acids is 1. The molecule has 0 atom stereocenters. The van der Waals surface area contributed by atoms with Gasteiger partial charge in [-0.1, -0.05) is 0 Å². The lowest BCUT2D eigenvalue weighted by Gasteiger charge is -1.99. The Hall–Kier alpha value is -1.69. The van der Waals surface area contributed by atoms with Crippen molar-refractivity contribution in [1.82, 2.24) is 9.97 Å². The predicted octanol–water partition coefficient (Wildman–Crippen LogP) is 0.0643. The van der Waals surface area contributed by atoms with Crippen LogP contribution in [0.15, 0.2) is 12.3 Å². The van der Waals surface area contributed by atoms with Crippen LogP contribution in [0.5, 0.6) is 0 Å². The maximum Gasteiger partial charge on any atom is 0.376 e. The molecule has 2 N–H and O–H groups in total. The van der Waals surface area contributed by atoms with Crippen molar-refractivity contribution < 1.29 is 14.7 Å². The standard InChI is InChI=1S/C6H7N3O3/c1-12-6(10)5-7-3-2-4(8-5)9-11/h2-3,11H,1H3,(H,7,8,9). The minimum absolute atomic E-state index is 0.100. The van der Waals surface area contributed by atoms with Crippen molar-refractivity contribution in [2.24, 2.45) is 0 Å². The van der Waals surface area contributed by atoms with Crippen LogP contribution in [0.25, 0.3) is 0 Å². The summed E-state index contributed by atoms with van der Waals surface area (Å²) in [4.78, 5) is 18.1. The Morgan fingerprint density at radius 3 is 3.08 bits per heavy atom. The van der Waals surface area contributed by atoms with Crippen molar-refractivity contribution in [3.8, 4) is 0 Å². The third-order valence-electron chi connectivity index (χ3n) is 1.14. The van der Waals surface area contributed by atoms with E-state index < -0.39 is 5.97 Å². The molecule has 1 aromatic rings. The second kappa shape index (κ2) is 3.63. The molecule has 0 radical (unpaired) electrons. The van der Waals surface area contributed by atoms with E-state index in [-0.39, 0.29) is 11.6 Å². The lowest BCUT2D eigenvalue weighted by molar-refractivity contribution is 0.0587. The summed E-state index contributed by atoms with van der Waals surface area (Å²) in [6, 6.07) is 1.41. The van der Waals surface area contributed by atoms with E-state index in [1.54, 1.807) is 5.48 Å². The number of methoxy groups -OCH3 is 1. The van der Waals surface area contributed by atoms with Gasteiger partial charge in [0.2, 0.25) is 5.82 Å². The number of nitrogens with zero attached hydrogens (tertiary/aromatic N) is 2. The molecule has 0 bridgehead atoms. The van der Waals surface area contributed by atoms with E-state index in [4.69, 9.17) is 5.21 Å². The molecule has 12 heavy (non-hydrogen) atoms. The van der Waals surface area contributed by atoms with Gasteiger partial charge in [0.05, 0.1) is 7.11 Å². The Morgan fingerprint density at radius 1 is 1.75 bits per heavy atom. The number of hydrogen-bond acceptors (Lipinski definition) is 6. The summed E-state index contributed by atoms with van der Waals surface area (Å²) < 4.78 is 4.36. The van der Waals surface area contributed by atoms with Crippen LogP contribution in [0, 0.1) is 0 Å². The number of ether oxygens (including phenoxy) is 1. The van der Waals surface area contributed by atoms with Crippen LogP contribution in [0.4, 0.5) is 5.82 Å². The number of carbonyl (C=O) groups is 1. The molecule has 0 aliphatic rings. The monoisotopic (exact) mass is 169 g/mol. The maximum absolute atomic E-state index is 10.8. The Balaban J connectivity index is 2.93. The summed E-state index contributed by atoms with van der Waals surface area (Å²) in [6.07, 6.45) is 1.33. The molecule has 0 fully saturated rings. The summed E-state index contributed by atoms with van der Waals surface area (Å²) >= 11 is 0. The zero-order chi connectivity index (χ0) is 8.97. The number of anilines is 1. The SMILES string of the molecule is COC(=O)c1nccc(NO)n1. The van der Waals surface area contributed by atoms with Crippen molar-refractivity contribution in [1.29, 1.82) is 0 Å². The molecule has 6 nitrogen and oxygen atoms in total. The van der Waals surface area contributed by atoms with Gasteiger partial charge in [0.1, 0.15) is 0 Å². The van der Waals surface area contributed by atoms with Gasteiger partial charge in [0.25, 0.3) is 0 Å². The van der Waals surface area contributed by atoms with Crippen molar-refractivity contribution >= 4 is 11.8 Å². The summed E-state index contributed by atoms with van der Waals surface area (Å²) in [7, 11) is 1.23. The number of esters is 1. The zero-order valence-electron chi connectivity index (χ0n) is 6.31. The molecular formula is C6H7N3O3. The fourth-order valence-corrected chi connectivity index (χ4v) is 0.611. The van der Waals surface area contributed by atoms with Crippen molar-refractivity contribution in [2.75, 3.05) is 12.6 Å². The quantitative estimate of drug-likeness (QED) is 0.481. The van der Waals surface area contributed by atoms with E-state index in [0.717, 1.165) is 0 Å². The van der Waals surface area contributed by atoms with Crippen LogP contribution in [-0.2, 0) is 4.74 Å². The zero-order valence-corrected chi connectivity index (χ0v) is 6.31. The molecule has 1 heterocycles. The van der Waals surface area contributed by atoms with Crippen molar-refractivity contribution in [3.05, 3.63) is 18.1 Å². The van der Waals surface area contributed by atoms with E-state index in [1.807, 2.05) is 0 Å². The molecule has 0 unspecified atom stereocenters. The molecule has 0 aromatic carbocycles. The molecule has 0 aliphatic carbocycles. The number of hydrogen-bond donors (Lipinski definition) is 2. The first-order valence-corrected chi connectivity index (χ1v) is 3.09. The van der Waals surface area contributed by atoms with Crippen LogP contribution in [0.3, 0.4) is 0 Å². The third-order valence-corrected chi connectivity index (χ3v) is 1.14. The average molecular weight is 169 g/mol. The molecular weight excluding hydrogens is 162 g/mol. The van der Waals surface area contributed by atoms with E-state index in [9.17, 15) is 4.79 Å². The molecule has 1 rings (SSSR count). The third kappa shape index (κ3) is 1.67. The number of rotatable bonds is 2. The van der Waals surface area contributed by atoms with E-state index in [0.29, 0.717) is 0 Å². The molecule has 0 amide bonds. The smallest absolute Gasteiger partial charge is 0.376 e. The Kier molecular flexibility index (Phi) is 2.54. The van der Waals surface area contributed by atoms with Gasteiger partial charge in [-0.2, -0.15) is 0 Å². The first kappa shape index (κ1) is 8.41. The largest absolute Gasteiger partial charge is 0.463 e. The molecule has 6 heteroatoms. The second-order valence-electron chi connectivity index (χ2n) is 1.87. The molecule has 64 valence electrons. The topological polar surface area (TPSA) is 84.3 Å². The van der Waals surface area contributed by atoms with Crippen LogP contribution >= 0.6 is 0 Å². The Bertz CT molecular complexity index is 289. The average Bonchev–Trinajstić information content (AvgIpc) is 2.17. The van der Waals surface area contributed by atoms with Crippen LogP contribution < -0.4 is 5.48 Å². The molecule has 0 saturated heterocycles. The molecule has 0 spiro atoms. The molecule has 0 saturated carbocycles. The first-order valence-electron chi connectivity index (χ1n) is 3.09.